The molecular formula is C2H6O2. The summed E-state index contributed by atoms with van der Waals surface area (Å²) >= 11 is 0. The predicted octanol–water partition coefficient (Wildman–Crippen LogP) is -0.120. The van der Waals surface area contributed by atoms with Crippen LogP contribution in [0.5, 0.6) is 0 Å². The standard InChI is InChI=1S/C2H6O.O/c1-2-3;/h3H,2H2,1H3;. The Kier molecular flexibility index (Phi) is 28.8. The fourth-order valence-electron chi connectivity index (χ4n) is 0. The van der Waals surface area contributed by atoms with Crippen molar-refractivity contribution in [2.24, 2.45) is 0 Å². The zero-order valence-corrected chi connectivity index (χ0v) is 2.56. The molecule has 0 aliphatic carbocycles. The third-order valence-corrected chi connectivity index (χ3v) is 0. The maximum Gasteiger partial charge on any atom is 0.0402 e. The van der Waals surface area contributed by atoms with Gasteiger partial charge in [0.2, 0.25) is 0 Å². The summed E-state index contributed by atoms with van der Waals surface area (Å²) in [5.41, 5.74) is 0. The summed E-state index contributed by atoms with van der Waals surface area (Å²) in [4.78, 5) is 0. The Hall–Kier alpha value is -0.0800. The van der Waals surface area contributed by atoms with Gasteiger partial charge in [-0.3, -0.25) is 0 Å². The SMILES string of the molecule is CCO.[O]. The third-order valence-electron chi connectivity index (χ3n) is 0. The first-order valence-electron chi connectivity index (χ1n) is 1.02. The zero-order valence-electron chi connectivity index (χ0n) is 2.56. The van der Waals surface area contributed by atoms with Gasteiger partial charge in [0.25, 0.3) is 0 Å². The van der Waals surface area contributed by atoms with E-state index in [-0.39, 0.29) is 12.1 Å². The fourth-order valence-corrected chi connectivity index (χ4v) is 0. The first kappa shape index (κ1) is 9.07. The van der Waals surface area contributed by atoms with E-state index < -0.39 is 0 Å². The van der Waals surface area contributed by atoms with Gasteiger partial charge in [-0.1, -0.05) is 0 Å². The molecule has 2 radical (unpaired) electrons. The van der Waals surface area contributed by atoms with Gasteiger partial charge in [-0.05, 0) is 6.92 Å². The molecule has 0 atom stereocenters. The molecule has 0 aliphatic rings. The Labute approximate surface area is 25.4 Å². The van der Waals surface area contributed by atoms with Crippen molar-refractivity contribution in [2.75, 3.05) is 6.61 Å². The lowest BCUT2D eigenvalue weighted by Crippen LogP contribution is -1.57. The second-order valence-corrected chi connectivity index (χ2v) is 0.316. The summed E-state index contributed by atoms with van der Waals surface area (Å²) in [6.45, 7) is 1.93. The fraction of sp³-hybridized carbons (Fsp3) is 1.00. The van der Waals surface area contributed by atoms with Crippen molar-refractivity contribution >= 4 is 0 Å². The van der Waals surface area contributed by atoms with Gasteiger partial charge in [-0.15, -0.1) is 0 Å². The molecule has 0 fully saturated rings. The van der Waals surface area contributed by atoms with Gasteiger partial charge in [0.05, 0.1) is 0 Å². The molecular weight excluding hydrogens is 56.0 g/mol. The summed E-state index contributed by atoms with van der Waals surface area (Å²) < 4.78 is 0. The topological polar surface area (TPSA) is 48.7 Å². The maximum atomic E-state index is 7.57. The van der Waals surface area contributed by atoms with Crippen LogP contribution in [0.4, 0.5) is 0 Å². The number of aliphatic hydroxyl groups is 1. The molecule has 0 aromatic carbocycles. The van der Waals surface area contributed by atoms with Gasteiger partial charge in [-0.2, -0.15) is 0 Å². The Bertz CT molecular complexity index is 4.00. The zero-order chi connectivity index (χ0) is 2.71. The Morgan fingerprint density at radius 1 is 1.75 bits per heavy atom. The van der Waals surface area contributed by atoms with Crippen LogP contribution in [-0.4, -0.2) is 11.7 Å². The summed E-state index contributed by atoms with van der Waals surface area (Å²) in [5, 5.41) is 7.57. The molecule has 0 rings (SSSR count). The second kappa shape index (κ2) is 12.7. The lowest BCUT2D eigenvalue weighted by atomic mass is 10.9. The molecule has 2 heteroatoms. The highest BCUT2D eigenvalue weighted by molar-refractivity contribution is 3.84. The van der Waals surface area contributed by atoms with Crippen molar-refractivity contribution in [3.05, 3.63) is 0 Å². The van der Waals surface area contributed by atoms with E-state index in [4.69, 9.17) is 5.11 Å². The number of aliphatic hydroxyl groups excluding tert-OH is 1. The summed E-state index contributed by atoms with van der Waals surface area (Å²) in [5.74, 6) is 0. The number of rotatable bonds is 0. The van der Waals surface area contributed by atoms with Crippen molar-refractivity contribution in [1.82, 2.24) is 0 Å². The van der Waals surface area contributed by atoms with Crippen LogP contribution >= 0.6 is 0 Å². The van der Waals surface area contributed by atoms with E-state index in [1.807, 2.05) is 0 Å². The first-order valence-corrected chi connectivity index (χ1v) is 1.02. The molecule has 0 spiro atoms. The van der Waals surface area contributed by atoms with E-state index in [0.717, 1.165) is 0 Å². The van der Waals surface area contributed by atoms with E-state index in [0.29, 0.717) is 0 Å². The van der Waals surface area contributed by atoms with E-state index in [2.05, 4.69) is 0 Å². The summed E-state index contributed by atoms with van der Waals surface area (Å²) in [6.07, 6.45) is 0. The van der Waals surface area contributed by atoms with E-state index in [9.17, 15) is 0 Å². The van der Waals surface area contributed by atoms with Crippen molar-refractivity contribution in [3.63, 3.8) is 0 Å². The van der Waals surface area contributed by atoms with Crippen LogP contribution in [0.3, 0.4) is 0 Å². The van der Waals surface area contributed by atoms with Gasteiger partial charge in [-0.25, -0.2) is 0 Å². The van der Waals surface area contributed by atoms with Gasteiger partial charge >= 0.3 is 0 Å². The molecule has 0 unspecified atom stereocenters. The Balaban J connectivity index is 0. The van der Waals surface area contributed by atoms with Gasteiger partial charge in [0.15, 0.2) is 0 Å². The molecule has 0 amide bonds. The minimum absolute atomic E-state index is 0. The molecule has 0 aliphatic heterocycles. The van der Waals surface area contributed by atoms with Crippen LogP contribution in [0.15, 0.2) is 0 Å². The normalized spacial score (nSPS) is 4.50. The molecule has 0 saturated carbocycles. The summed E-state index contributed by atoms with van der Waals surface area (Å²) in [7, 11) is 0. The number of hydrogen-bond acceptors (Lipinski definition) is 1. The maximum absolute atomic E-state index is 7.57. The van der Waals surface area contributed by atoms with Crippen molar-refractivity contribution < 1.29 is 10.6 Å². The molecule has 0 bridgehead atoms. The smallest absolute Gasteiger partial charge is 0.0402 e. The van der Waals surface area contributed by atoms with Crippen LogP contribution in [-0.2, 0) is 5.48 Å². The average Bonchev–Trinajstić information content (AvgIpc) is 0.918. The van der Waals surface area contributed by atoms with Crippen LogP contribution in [0.1, 0.15) is 6.92 Å². The number of hydrogen-bond donors (Lipinski definition) is 1. The largest absolute Gasteiger partial charge is 0.397 e. The minimum Gasteiger partial charge on any atom is -0.397 e. The minimum atomic E-state index is 0. The van der Waals surface area contributed by atoms with Crippen LogP contribution in [0.2, 0.25) is 0 Å². The highest BCUT2D eigenvalue weighted by Crippen LogP contribution is 1.30. The van der Waals surface area contributed by atoms with E-state index in [1.165, 1.54) is 0 Å². The molecule has 0 aromatic rings. The van der Waals surface area contributed by atoms with Crippen LogP contribution < -0.4 is 0 Å². The summed E-state index contributed by atoms with van der Waals surface area (Å²) in [6, 6.07) is 0. The molecule has 1 N–H and O–H groups in total. The molecule has 2 nitrogen and oxygen atoms in total. The van der Waals surface area contributed by atoms with Crippen LogP contribution in [0.25, 0.3) is 0 Å². The van der Waals surface area contributed by atoms with E-state index >= 15 is 0 Å². The quantitative estimate of drug-likeness (QED) is 0.418. The predicted molar refractivity (Wildman–Crippen MR) is 13.4 cm³/mol. The molecule has 0 aromatic heterocycles. The monoisotopic (exact) mass is 62.0 g/mol. The Morgan fingerprint density at radius 2 is 1.75 bits per heavy atom. The Morgan fingerprint density at radius 3 is 1.75 bits per heavy atom. The molecule has 0 heterocycles. The second-order valence-electron chi connectivity index (χ2n) is 0.316. The van der Waals surface area contributed by atoms with Gasteiger partial charge < -0.3 is 5.11 Å². The van der Waals surface area contributed by atoms with Crippen molar-refractivity contribution in [2.45, 2.75) is 6.92 Å². The molecule has 26 valence electrons. The van der Waals surface area contributed by atoms with Crippen molar-refractivity contribution in [3.8, 4) is 0 Å². The van der Waals surface area contributed by atoms with Gasteiger partial charge in [0.1, 0.15) is 0 Å². The lowest BCUT2D eigenvalue weighted by molar-refractivity contribution is 0.318. The molecule has 4 heavy (non-hydrogen) atoms. The molecule has 0 saturated heterocycles. The highest BCUT2D eigenvalue weighted by Gasteiger charge is 1.34. The highest BCUT2D eigenvalue weighted by atomic mass is 16.2. The van der Waals surface area contributed by atoms with Crippen molar-refractivity contribution in [1.29, 1.82) is 0 Å². The lowest BCUT2D eigenvalue weighted by Gasteiger charge is -1.52. The van der Waals surface area contributed by atoms with Gasteiger partial charge in [0, 0.05) is 12.1 Å². The van der Waals surface area contributed by atoms with Crippen LogP contribution in [0, 0.1) is 0 Å². The van der Waals surface area contributed by atoms with E-state index in [1.54, 1.807) is 6.92 Å². The first-order chi connectivity index (χ1) is 1.41. The third kappa shape index (κ3) is 254. The average molecular weight is 62.1 g/mol.